The van der Waals surface area contributed by atoms with Crippen LogP contribution in [0, 0.1) is 24.2 Å². The molecule has 4 heterocycles. The smallest absolute Gasteiger partial charge is 0.311 e. The van der Waals surface area contributed by atoms with Crippen molar-refractivity contribution in [3.05, 3.63) is 71.3 Å². The van der Waals surface area contributed by atoms with Crippen molar-refractivity contribution < 1.29 is 17.9 Å². The molecule has 0 saturated carbocycles. The van der Waals surface area contributed by atoms with Gasteiger partial charge in [0.1, 0.15) is 6.04 Å². The number of rotatable bonds is 3. The van der Waals surface area contributed by atoms with Gasteiger partial charge in [-0.3, -0.25) is 14.0 Å². The largest absolute Gasteiger partial charge is 0.469 e. The number of aryl methyl sites for hydroxylation is 1. The topological polar surface area (TPSA) is 90.7 Å². The van der Waals surface area contributed by atoms with Gasteiger partial charge < -0.3 is 4.74 Å². The Morgan fingerprint density at radius 3 is 2.62 bits per heavy atom. The van der Waals surface area contributed by atoms with Crippen LogP contribution in [0.1, 0.15) is 43.2 Å². The first kappa shape index (κ1) is 24.2. The van der Waals surface area contributed by atoms with Crippen LogP contribution in [0.4, 0.5) is 5.69 Å². The zero-order valence-electron chi connectivity index (χ0n) is 21.2. The minimum Gasteiger partial charge on any atom is -0.469 e. The molecule has 192 valence electrons. The number of hydrogen-bond acceptors (Lipinski definition) is 6. The highest BCUT2D eigenvalue weighted by Crippen LogP contribution is 2.66. The van der Waals surface area contributed by atoms with Crippen molar-refractivity contribution in [2.24, 2.45) is 5.92 Å². The maximum Gasteiger partial charge on any atom is 0.311 e. The predicted octanol–water partition coefficient (Wildman–Crippen LogP) is 4.08. The number of anilines is 1. The normalized spacial score (nSPS) is 32.2. The lowest BCUT2D eigenvalue weighted by Crippen LogP contribution is -2.69. The van der Waals surface area contributed by atoms with Crippen LogP contribution < -0.4 is 4.31 Å². The van der Waals surface area contributed by atoms with Crippen LogP contribution in [0.15, 0.2) is 65.1 Å². The molecule has 1 unspecified atom stereocenters. The number of nitrogens with zero attached hydrogens (tertiary/aromatic N) is 3. The standard InChI is InChI=1S/C29H31N3O4S/c1-20-9-11-22(12-10-20)37(34,35)32-25-8-4-3-7-23(25)28-15-17-31(26(28)19-30)16-5-6-21-13-14-29(28,32)24(18-21)27(33)36-2/h3-4,7-13,24,26H,5-6,14-18H2,1-2H3/t24-,26-,28-,29-/m1/s1. The van der Waals surface area contributed by atoms with Crippen molar-refractivity contribution in [3.63, 3.8) is 0 Å². The Kier molecular flexibility index (Phi) is 5.52. The first-order chi connectivity index (χ1) is 17.8. The number of para-hydroxylation sites is 1. The molecule has 37 heavy (non-hydrogen) atoms. The monoisotopic (exact) mass is 517 g/mol. The highest BCUT2D eigenvalue weighted by atomic mass is 32.2. The Hall–Kier alpha value is -3.15. The van der Waals surface area contributed by atoms with Crippen molar-refractivity contribution in [3.8, 4) is 6.07 Å². The fourth-order valence-corrected chi connectivity index (χ4v) is 9.59. The van der Waals surface area contributed by atoms with E-state index in [1.54, 1.807) is 24.3 Å². The Bertz CT molecular complexity index is 1440. The van der Waals surface area contributed by atoms with Crippen LogP contribution >= 0.6 is 0 Å². The number of carbonyl (C=O) groups is 1. The van der Waals surface area contributed by atoms with Gasteiger partial charge >= 0.3 is 5.97 Å². The molecule has 0 aromatic heterocycles. The molecule has 0 N–H and O–H groups in total. The highest BCUT2D eigenvalue weighted by molar-refractivity contribution is 7.93. The summed E-state index contributed by atoms with van der Waals surface area (Å²) in [5, 5.41) is 10.7. The fourth-order valence-electron chi connectivity index (χ4n) is 7.69. The first-order valence-electron chi connectivity index (χ1n) is 12.9. The van der Waals surface area contributed by atoms with E-state index in [9.17, 15) is 18.5 Å². The zero-order valence-corrected chi connectivity index (χ0v) is 22.0. The van der Waals surface area contributed by atoms with E-state index in [1.165, 1.54) is 11.4 Å². The molecular weight excluding hydrogens is 486 g/mol. The molecule has 2 aromatic carbocycles. The van der Waals surface area contributed by atoms with E-state index in [1.807, 2.05) is 31.2 Å². The second-order valence-electron chi connectivity index (χ2n) is 10.8. The second-order valence-corrected chi connectivity index (χ2v) is 12.5. The van der Waals surface area contributed by atoms with E-state index in [-0.39, 0.29) is 4.90 Å². The third-order valence-corrected chi connectivity index (χ3v) is 11.1. The number of methoxy groups -OCH3 is 1. The fraction of sp³-hybridized carbons (Fsp3) is 0.448. The summed E-state index contributed by atoms with van der Waals surface area (Å²) in [6.07, 6.45) is 5.25. The minimum atomic E-state index is -4.10. The van der Waals surface area contributed by atoms with E-state index < -0.39 is 38.9 Å². The number of ether oxygens (including phenoxy) is 1. The van der Waals surface area contributed by atoms with Crippen molar-refractivity contribution >= 4 is 21.7 Å². The summed E-state index contributed by atoms with van der Waals surface area (Å²) in [5.74, 6) is -1.16. The molecule has 4 bridgehead atoms. The molecule has 1 aliphatic carbocycles. The second kappa shape index (κ2) is 8.44. The molecular formula is C29H31N3O4S. The molecule has 0 radical (unpaired) electrons. The van der Waals surface area contributed by atoms with Crippen LogP contribution in [-0.2, 0) is 25.0 Å². The summed E-state index contributed by atoms with van der Waals surface area (Å²) in [7, 11) is -2.73. The van der Waals surface area contributed by atoms with E-state index in [2.05, 4.69) is 17.0 Å². The van der Waals surface area contributed by atoms with Gasteiger partial charge in [0.25, 0.3) is 10.0 Å². The summed E-state index contributed by atoms with van der Waals surface area (Å²) in [4.78, 5) is 16.0. The average molecular weight is 518 g/mol. The van der Waals surface area contributed by atoms with Crippen molar-refractivity contribution in [2.45, 2.75) is 60.9 Å². The van der Waals surface area contributed by atoms with Crippen LogP contribution in [0.25, 0.3) is 0 Å². The SMILES string of the molecule is COC(=O)[C@H]1CC2=CC[C@@]13N(S(=O)(=O)c1ccc(C)cc1)c1ccccc1[C@@]31CCN(CCC2)[C@@H]1C#N. The molecule has 2 fully saturated rings. The van der Waals surface area contributed by atoms with Crippen molar-refractivity contribution in [1.29, 1.82) is 5.26 Å². The average Bonchev–Trinajstić information content (AvgIpc) is 3.38. The summed E-state index contributed by atoms with van der Waals surface area (Å²) >= 11 is 0. The van der Waals surface area contributed by atoms with Crippen molar-refractivity contribution in [1.82, 2.24) is 4.90 Å². The number of benzene rings is 2. The van der Waals surface area contributed by atoms with Gasteiger partial charge in [-0.05, 0) is 69.3 Å². The summed E-state index contributed by atoms with van der Waals surface area (Å²) in [6.45, 7) is 3.36. The molecule has 7 rings (SSSR count). The molecule has 7 nitrogen and oxygen atoms in total. The molecule has 2 saturated heterocycles. The van der Waals surface area contributed by atoms with Gasteiger partial charge in [0.2, 0.25) is 0 Å². The maximum absolute atomic E-state index is 14.7. The third-order valence-electron chi connectivity index (χ3n) is 9.22. The van der Waals surface area contributed by atoms with Gasteiger partial charge in [0, 0.05) is 6.54 Å². The van der Waals surface area contributed by atoms with Gasteiger partial charge in [-0.25, -0.2) is 8.42 Å². The number of hydrogen-bond donors (Lipinski definition) is 0. The van der Waals surface area contributed by atoms with Crippen LogP contribution in [-0.4, -0.2) is 51.1 Å². The van der Waals surface area contributed by atoms with Crippen LogP contribution in [0.5, 0.6) is 0 Å². The van der Waals surface area contributed by atoms with E-state index in [4.69, 9.17) is 4.74 Å². The third kappa shape index (κ3) is 3.07. The van der Waals surface area contributed by atoms with Gasteiger partial charge in [0.05, 0.1) is 40.6 Å². The van der Waals surface area contributed by atoms with Gasteiger partial charge in [-0.1, -0.05) is 47.5 Å². The Labute approximate surface area is 218 Å². The number of allylic oxidation sites excluding steroid dienone is 1. The quantitative estimate of drug-likeness (QED) is 0.450. The van der Waals surface area contributed by atoms with Crippen LogP contribution in [0.3, 0.4) is 0 Å². The predicted molar refractivity (Wildman–Crippen MR) is 139 cm³/mol. The lowest BCUT2D eigenvalue weighted by atomic mass is 9.54. The summed E-state index contributed by atoms with van der Waals surface area (Å²) in [5.41, 5.74) is 1.44. The summed E-state index contributed by atoms with van der Waals surface area (Å²) < 4.78 is 36.3. The number of nitriles is 1. The van der Waals surface area contributed by atoms with E-state index in [0.717, 1.165) is 36.1 Å². The summed E-state index contributed by atoms with van der Waals surface area (Å²) in [6, 6.07) is 16.4. The Balaban J connectivity index is 1.73. The van der Waals surface area contributed by atoms with Crippen LogP contribution in [0.2, 0.25) is 0 Å². The van der Waals surface area contributed by atoms with E-state index >= 15 is 0 Å². The first-order valence-corrected chi connectivity index (χ1v) is 14.4. The molecule has 2 aromatic rings. The molecule has 4 aliphatic heterocycles. The minimum absolute atomic E-state index is 0.179. The number of carbonyl (C=O) groups excluding carboxylic acids is 1. The van der Waals surface area contributed by atoms with E-state index in [0.29, 0.717) is 31.5 Å². The lowest BCUT2D eigenvalue weighted by molar-refractivity contribution is -0.149. The lowest BCUT2D eigenvalue weighted by Gasteiger charge is -2.55. The Morgan fingerprint density at radius 1 is 1.14 bits per heavy atom. The van der Waals surface area contributed by atoms with Gasteiger partial charge in [-0.2, -0.15) is 5.26 Å². The number of esters is 1. The van der Waals surface area contributed by atoms with Gasteiger partial charge in [0.15, 0.2) is 0 Å². The number of fused-ring (bicyclic) bond motifs is 5. The molecule has 5 aliphatic rings. The maximum atomic E-state index is 14.7. The molecule has 5 atom stereocenters. The number of sulfonamides is 1. The highest BCUT2D eigenvalue weighted by Gasteiger charge is 2.74. The zero-order chi connectivity index (χ0) is 26.0. The molecule has 0 amide bonds. The molecule has 8 heteroatoms. The van der Waals surface area contributed by atoms with Crippen molar-refractivity contribution in [2.75, 3.05) is 24.5 Å². The Morgan fingerprint density at radius 2 is 1.89 bits per heavy atom. The molecule has 2 spiro atoms. The van der Waals surface area contributed by atoms with Gasteiger partial charge in [-0.15, -0.1) is 0 Å².